The summed E-state index contributed by atoms with van der Waals surface area (Å²) in [5.41, 5.74) is 2.53. The van der Waals surface area contributed by atoms with Crippen LogP contribution in [0.2, 0.25) is 10.0 Å². The molecule has 0 unspecified atom stereocenters. The first-order chi connectivity index (χ1) is 12.0. The van der Waals surface area contributed by atoms with Gasteiger partial charge in [0, 0.05) is 21.5 Å². The molecule has 1 heterocycles. The van der Waals surface area contributed by atoms with Crippen molar-refractivity contribution in [1.82, 2.24) is 9.97 Å². The van der Waals surface area contributed by atoms with Crippen LogP contribution in [0.4, 0.5) is 11.4 Å². The Morgan fingerprint density at radius 2 is 1.68 bits per heavy atom. The first-order valence-electron chi connectivity index (χ1n) is 7.00. The molecule has 1 aromatic heterocycles. The Kier molecular flexibility index (Phi) is 5.41. The summed E-state index contributed by atoms with van der Waals surface area (Å²) in [5, 5.41) is 13.1. The molecule has 0 aliphatic heterocycles. The van der Waals surface area contributed by atoms with E-state index in [1.807, 2.05) is 0 Å². The van der Waals surface area contributed by atoms with Gasteiger partial charge in [0.2, 0.25) is 0 Å². The Balaban J connectivity index is 2.01. The Morgan fingerprint density at radius 1 is 1.04 bits per heavy atom. The van der Waals surface area contributed by atoms with Crippen LogP contribution in [0.25, 0.3) is 11.1 Å². The number of halogens is 3. The standard InChI is InChI=1S/C17H10Cl2IN3O2/c18-13-3-9(10-6-21-8-22-7-10)4-14(19)16(13)23-15-2-1-11(20)5-12(15)17(24)25/h1-8,23H,(H,24,25). The van der Waals surface area contributed by atoms with Gasteiger partial charge in [-0.25, -0.2) is 14.8 Å². The van der Waals surface area contributed by atoms with Crippen LogP contribution in [-0.4, -0.2) is 21.0 Å². The topological polar surface area (TPSA) is 75.1 Å². The summed E-state index contributed by atoms with van der Waals surface area (Å²) >= 11 is 14.8. The lowest BCUT2D eigenvalue weighted by atomic mass is 10.1. The molecule has 2 aromatic carbocycles. The Morgan fingerprint density at radius 3 is 2.28 bits per heavy atom. The Hall–Kier alpha value is -1.90. The monoisotopic (exact) mass is 485 g/mol. The van der Waals surface area contributed by atoms with Gasteiger partial charge in [0.15, 0.2) is 0 Å². The molecule has 3 rings (SSSR count). The SMILES string of the molecule is O=C(O)c1cc(I)ccc1Nc1c(Cl)cc(-c2cncnc2)cc1Cl. The van der Waals surface area contributed by atoms with Gasteiger partial charge in [-0.2, -0.15) is 0 Å². The fourth-order valence-electron chi connectivity index (χ4n) is 2.24. The van der Waals surface area contributed by atoms with Crippen LogP contribution in [0.5, 0.6) is 0 Å². The maximum absolute atomic E-state index is 11.4. The summed E-state index contributed by atoms with van der Waals surface area (Å²) in [5.74, 6) is -1.04. The minimum Gasteiger partial charge on any atom is -0.478 e. The van der Waals surface area contributed by atoms with E-state index in [9.17, 15) is 9.90 Å². The number of carbonyl (C=O) groups is 1. The molecule has 0 saturated carbocycles. The lowest BCUT2D eigenvalue weighted by Gasteiger charge is -2.14. The second-order valence-electron chi connectivity index (χ2n) is 5.06. The Bertz CT molecular complexity index is 929. The molecule has 0 amide bonds. The zero-order valence-electron chi connectivity index (χ0n) is 12.5. The number of benzene rings is 2. The highest BCUT2D eigenvalue weighted by Crippen LogP contribution is 2.38. The van der Waals surface area contributed by atoms with Gasteiger partial charge >= 0.3 is 5.97 Å². The van der Waals surface area contributed by atoms with Crippen molar-refractivity contribution in [2.75, 3.05) is 5.32 Å². The van der Waals surface area contributed by atoms with E-state index in [1.165, 1.54) is 6.33 Å². The van der Waals surface area contributed by atoms with Gasteiger partial charge in [0.05, 0.1) is 27.0 Å². The van der Waals surface area contributed by atoms with Crippen molar-refractivity contribution < 1.29 is 9.90 Å². The first kappa shape index (κ1) is 17.9. The molecule has 2 N–H and O–H groups in total. The average Bonchev–Trinajstić information content (AvgIpc) is 2.59. The maximum atomic E-state index is 11.4. The van der Waals surface area contributed by atoms with Crippen molar-refractivity contribution in [3.8, 4) is 11.1 Å². The highest BCUT2D eigenvalue weighted by molar-refractivity contribution is 14.1. The molecular weight excluding hydrogens is 476 g/mol. The number of carboxylic acid groups (broad SMARTS) is 1. The van der Waals surface area contributed by atoms with E-state index in [-0.39, 0.29) is 5.56 Å². The molecule has 0 aliphatic carbocycles. The molecule has 126 valence electrons. The van der Waals surface area contributed by atoms with Crippen LogP contribution in [0, 0.1) is 3.57 Å². The van der Waals surface area contributed by atoms with Crippen LogP contribution < -0.4 is 5.32 Å². The van der Waals surface area contributed by atoms with Crippen LogP contribution in [0.3, 0.4) is 0 Å². The van der Waals surface area contributed by atoms with Gasteiger partial charge in [-0.1, -0.05) is 23.2 Å². The maximum Gasteiger partial charge on any atom is 0.337 e. The molecule has 0 aliphatic rings. The van der Waals surface area contributed by atoms with Crippen LogP contribution in [-0.2, 0) is 0 Å². The predicted molar refractivity (Wildman–Crippen MR) is 107 cm³/mol. The second-order valence-corrected chi connectivity index (χ2v) is 7.12. The number of hydrogen-bond donors (Lipinski definition) is 2. The van der Waals surface area contributed by atoms with Gasteiger partial charge < -0.3 is 10.4 Å². The summed E-state index contributed by atoms with van der Waals surface area (Å²) in [6.45, 7) is 0. The minimum atomic E-state index is -1.04. The largest absolute Gasteiger partial charge is 0.478 e. The third kappa shape index (κ3) is 4.02. The number of nitrogens with zero attached hydrogens (tertiary/aromatic N) is 2. The van der Waals surface area contributed by atoms with Gasteiger partial charge in [-0.15, -0.1) is 0 Å². The fourth-order valence-corrected chi connectivity index (χ4v) is 3.32. The molecule has 25 heavy (non-hydrogen) atoms. The quantitative estimate of drug-likeness (QED) is 0.477. The molecule has 0 spiro atoms. The van der Waals surface area contributed by atoms with Crippen molar-refractivity contribution in [3.05, 3.63) is 68.2 Å². The normalized spacial score (nSPS) is 10.5. The highest BCUT2D eigenvalue weighted by atomic mass is 127. The van der Waals surface area contributed by atoms with E-state index >= 15 is 0 Å². The highest BCUT2D eigenvalue weighted by Gasteiger charge is 2.15. The van der Waals surface area contributed by atoms with Gasteiger partial charge in [0.25, 0.3) is 0 Å². The molecule has 0 atom stereocenters. The number of aromatic nitrogens is 2. The number of nitrogens with one attached hydrogen (secondary N) is 1. The van der Waals surface area contributed by atoms with Gasteiger partial charge in [-0.05, 0) is 58.5 Å². The van der Waals surface area contributed by atoms with Crippen LogP contribution in [0.15, 0.2) is 49.1 Å². The Labute approximate surface area is 167 Å². The fraction of sp³-hybridized carbons (Fsp3) is 0. The number of hydrogen-bond acceptors (Lipinski definition) is 4. The third-order valence-corrected chi connectivity index (χ3v) is 4.67. The zero-order chi connectivity index (χ0) is 18.0. The number of anilines is 2. The molecule has 5 nitrogen and oxygen atoms in total. The van der Waals surface area contributed by atoms with Crippen molar-refractivity contribution in [1.29, 1.82) is 0 Å². The summed E-state index contributed by atoms with van der Waals surface area (Å²) in [4.78, 5) is 19.4. The smallest absolute Gasteiger partial charge is 0.337 e. The van der Waals surface area contributed by atoms with E-state index < -0.39 is 5.97 Å². The zero-order valence-corrected chi connectivity index (χ0v) is 16.2. The van der Waals surface area contributed by atoms with Crippen molar-refractivity contribution >= 4 is 63.1 Å². The molecule has 0 fully saturated rings. The summed E-state index contributed by atoms with van der Waals surface area (Å²) in [7, 11) is 0. The summed E-state index contributed by atoms with van der Waals surface area (Å²) < 4.78 is 0.817. The number of aromatic carboxylic acids is 1. The third-order valence-electron chi connectivity index (χ3n) is 3.41. The van der Waals surface area contributed by atoms with Crippen LogP contribution >= 0.6 is 45.8 Å². The molecule has 0 radical (unpaired) electrons. The van der Waals surface area contributed by atoms with Crippen molar-refractivity contribution in [3.63, 3.8) is 0 Å². The van der Waals surface area contributed by atoms with E-state index in [4.69, 9.17) is 23.2 Å². The lowest BCUT2D eigenvalue weighted by Crippen LogP contribution is -2.04. The average molecular weight is 486 g/mol. The molecule has 3 aromatic rings. The van der Waals surface area contributed by atoms with Crippen molar-refractivity contribution in [2.24, 2.45) is 0 Å². The van der Waals surface area contributed by atoms with Gasteiger partial charge in [0.1, 0.15) is 6.33 Å². The van der Waals surface area contributed by atoms with E-state index in [2.05, 4.69) is 37.9 Å². The second kappa shape index (κ2) is 7.55. The first-order valence-corrected chi connectivity index (χ1v) is 8.83. The number of rotatable bonds is 4. The predicted octanol–water partition coefficient (Wildman–Crippen LogP) is 5.50. The molecule has 8 heteroatoms. The van der Waals surface area contributed by atoms with Crippen LogP contribution in [0.1, 0.15) is 10.4 Å². The number of carboxylic acids is 1. The van der Waals surface area contributed by atoms with E-state index in [0.29, 0.717) is 21.4 Å². The van der Waals surface area contributed by atoms with E-state index in [0.717, 1.165) is 14.7 Å². The lowest BCUT2D eigenvalue weighted by molar-refractivity contribution is 0.0698. The minimum absolute atomic E-state index is 0.138. The van der Waals surface area contributed by atoms with Crippen molar-refractivity contribution in [2.45, 2.75) is 0 Å². The van der Waals surface area contributed by atoms with E-state index in [1.54, 1.807) is 42.7 Å². The summed E-state index contributed by atoms with van der Waals surface area (Å²) in [6, 6.07) is 8.50. The van der Waals surface area contributed by atoms with Gasteiger partial charge in [-0.3, -0.25) is 0 Å². The molecule has 0 bridgehead atoms. The summed E-state index contributed by atoms with van der Waals surface area (Å²) in [6.07, 6.45) is 4.75. The molecular formula is C17H10Cl2IN3O2. The molecule has 0 saturated heterocycles.